The van der Waals surface area contributed by atoms with Crippen LogP contribution < -0.4 is 20.1 Å². The molecule has 2 aromatic carbocycles. The van der Waals surface area contributed by atoms with Crippen LogP contribution in [0, 0.1) is 5.92 Å². The van der Waals surface area contributed by atoms with Crippen molar-refractivity contribution >= 4 is 11.8 Å². The first-order valence-corrected chi connectivity index (χ1v) is 14.3. The molecule has 0 fully saturated rings. The quantitative estimate of drug-likeness (QED) is 0.405. The molecule has 2 heterocycles. The van der Waals surface area contributed by atoms with Crippen molar-refractivity contribution in [2.24, 2.45) is 5.92 Å². The number of nitrogens with zero attached hydrogens (tertiary/aromatic N) is 3. The number of benzene rings is 2. The summed E-state index contributed by atoms with van der Waals surface area (Å²) in [5, 5.41) is 15.2. The summed E-state index contributed by atoms with van der Waals surface area (Å²) in [6.45, 7) is 6.76. The van der Waals surface area contributed by atoms with Crippen LogP contribution in [0.1, 0.15) is 32.3 Å². The first-order chi connectivity index (χ1) is 19.9. The van der Waals surface area contributed by atoms with Crippen molar-refractivity contribution in [3.05, 3.63) is 66.5 Å². The molecule has 0 radical (unpaired) electrons. The number of ether oxygens (including phenoxy) is 2. The van der Waals surface area contributed by atoms with Crippen molar-refractivity contribution in [2.75, 3.05) is 39.5 Å². The van der Waals surface area contributed by atoms with E-state index in [9.17, 15) is 14.7 Å². The van der Waals surface area contributed by atoms with Crippen molar-refractivity contribution in [2.45, 2.75) is 45.8 Å². The van der Waals surface area contributed by atoms with Crippen LogP contribution >= 0.6 is 0 Å². The number of imidazole rings is 1. The molecule has 0 saturated carbocycles. The number of fused-ring (bicyclic) bond motifs is 4. The molecule has 10 heteroatoms. The third kappa shape index (κ3) is 9.06. The summed E-state index contributed by atoms with van der Waals surface area (Å²) in [5.74, 6) is 2.03. The molecule has 10 nitrogen and oxygen atoms in total. The fourth-order valence-corrected chi connectivity index (χ4v) is 4.91. The van der Waals surface area contributed by atoms with Gasteiger partial charge in [0.2, 0.25) is 11.8 Å². The number of para-hydroxylation sites is 1. The lowest BCUT2D eigenvalue weighted by molar-refractivity contribution is -0.130. The molecule has 1 atom stereocenters. The summed E-state index contributed by atoms with van der Waals surface area (Å²) in [4.78, 5) is 33.0. The Bertz CT molecular complexity index is 1280. The van der Waals surface area contributed by atoms with Gasteiger partial charge in [-0.3, -0.25) is 14.5 Å². The lowest BCUT2D eigenvalue weighted by Crippen LogP contribution is -2.50. The van der Waals surface area contributed by atoms with Gasteiger partial charge in [-0.25, -0.2) is 4.98 Å². The van der Waals surface area contributed by atoms with E-state index < -0.39 is 6.04 Å². The summed E-state index contributed by atoms with van der Waals surface area (Å²) < 4.78 is 13.8. The lowest BCUT2D eigenvalue weighted by Gasteiger charge is -2.25. The van der Waals surface area contributed by atoms with Crippen LogP contribution in [-0.2, 0) is 22.7 Å². The zero-order valence-corrected chi connectivity index (χ0v) is 23.9. The topological polar surface area (TPSA) is 118 Å². The van der Waals surface area contributed by atoms with E-state index in [-0.39, 0.29) is 37.5 Å². The molecule has 1 aliphatic rings. The van der Waals surface area contributed by atoms with Gasteiger partial charge in [0.1, 0.15) is 30.0 Å². The number of nitrogens with one attached hydrogen (secondary N) is 2. The van der Waals surface area contributed by atoms with E-state index in [4.69, 9.17) is 9.47 Å². The van der Waals surface area contributed by atoms with Crippen LogP contribution in [0.3, 0.4) is 0 Å². The molecule has 2 bridgehead atoms. The molecule has 0 spiro atoms. The summed E-state index contributed by atoms with van der Waals surface area (Å²) in [5.41, 5.74) is 1.85. The van der Waals surface area contributed by atoms with Crippen LogP contribution in [0.5, 0.6) is 11.5 Å². The Morgan fingerprint density at radius 1 is 1.15 bits per heavy atom. The van der Waals surface area contributed by atoms with E-state index in [0.717, 1.165) is 22.7 Å². The maximum atomic E-state index is 13.3. The highest BCUT2D eigenvalue weighted by Gasteiger charge is 2.23. The average Bonchev–Trinajstić information content (AvgIpc) is 3.42. The largest absolute Gasteiger partial charge is 0.494 e. The van der Waals surface area contributed by atoms with E-state index in [1.54, 1.807) is 6.20 Å². The van der Waals surface area contributed by atoms with E-state index in [0.29, 0.717) is 51.4 Å². The summed E-state index contributed by atoms with van der Waals surface area (Å²) >= 11 is 0. The van der Waals surface area contributed by atoms with Crippen LogP contribution in [-0.4, -0.2) is 76.9 Å². The van der Waals surface area contributed by atoms with Gasteiger partial charge >= 0.3 is 0 Å². The molecule has 0 saturated heterocycles. The molecular weight excluding hydrogens is 522 g/mol. The summed E-state index contributed by atoms with van der Waals surface area (Å²) in [6.07, 6.45) is 4.85. The molecule has 41 heavy (non-hydrogen) atoms. The van der Waals surface area contributed by atoms with Crippen molar-refractivity contribution in [3.8, 4) is 22.9 Å². The normalized spacial score (nSPS) is 17.5. The van der Waals surface area contributed by atoms with Crippen molar-refractivity contribution < 1.29 is 24.2 Å². The van der Waals surface area contributed by atoms with Crippen molar-refractivity contribution in [1.82, 2.24) is 25.1 Å². The molecule has 0 unspecified atom stereocenters. The third-order valence-electron chi connectivity index (χ3n) is 6.79. The van der Waals surface area contributed by atoms with Gasteiger partial charge in [-0.05, 0) is 37.0 Å². The number of amides is 2. The molecule has 220 valence electrons. The van der Waals surface area contributed by atoms with Crippen LogP contribution in [0.2, 0.25) is 0 Å². The predicted molar refractivity (Wildman–Crippen MR) is 156 cm³/mol. The molecule has 0 aliphatic carbocycles. The number of hydrogen-bond donors (Lipinski definition) is 3. The standard InChI is InChI=1S/C31H41N5O5/c1-23(2)19-27-31(39)33-12-15-36-14-11-32-30(36)24-8-5-9-26(20-24)40-17-6-13-35(22-29(38)34-27)21-25-7-3-4-10-28(25)41-18-16-37/h3-5,7-11,14,20,23,27,37H,6,12-13,15-19,21-22H2,1-2H3,(H,33,39)(H,34,38)/t27-/m1/s1. The Kier molecular flexibility index (Phi) is 11.2. The highest BCUT2D eigenvalue weighted by Crippen LogP contribution is 2.23. The Morgan fingerprint density at radius 3 is 2.83 bits per heavy atom. The highest BCUT2D eigenvalue weighted by molar-refractivity contribution is 5.88. The maximum Gasteiger partial charge on any atom is 0.242 e. The van der Waals surface area contributed by atoms with Gasteiger partial charge in [-0.1, -0.05) is 44.2 Å². The Hall–Kier alpha value is -3.89. The smallest absolute Gasteiger partial charge is 0.242 e. The number of aliphatic hydroxyl groups excluding tert-OH is 1. The maximum absolute atomic E-state index is 13.3. The van der Waals surface area contributed by atoms with Gasteiger partial charge in [0.05, 0.1) is 19.8 Å². The van der Waals surface area contributed by atoms with Crippen LogP contribution in [0.4, 0.5) is 0 Å². The van der Waals surface area contributed by atoms with Crippen LogP contribution in [0.15, 0.2) is 60.9 Å². The average molecular weight is 564 g/mol. The van der Waals surface area contributed by atoms with Gasteiger partial charge in [0.15, 0.2) is 0 Å². The van der Waals surface area contributed by atoms with Gasteiger partial charge in [0, 0.05) is 49.7 Å². The molecule has 3 aromatic rings. The fourth-order valence-electron chi connectivity index (χ4n) is 4.91. The first-order valence-electron chi connectivity index (χ1n) is 14.3. The molecule has 1 aliphatic heterocycles. The van der Waals surface area contributed by atoms with E-state index in [1.165, 1.54) is 0 Å². The molecule has 4 rings (SSSR count). The second kappa shape index (κ2) is 15.2. The second-order valence-electron chi connectivity index (χ2n) is 10.6. The zero-order chi connectivity index (χ0) is 29.0. The minimum Gasteiger partial charge on any atom is -0.494 e. The number of rotatable bonds is 7. The van der Waals surface area contributed by atoms with E-state index in [1.807, 2.05) is 78.0 Å². The third-order valence-corrected chi connectivity index (χ3v) is 6.79. The van der Waals surface area contributed by atoms with Gasteiger partial charge < -0.3 is 29.8 Å². The minimum atomic E-state index is -0.634. The minimum absolute atomic E-state index is 0.0831. The monoisotopic (exact) mass is 563 g/mol. The van der Waals surface area contributed by atoms with Crippen molar-refractivity contribution in [3.63, 3.8) is 0 Å². The lowest BCUT2D eigenvalue weighted by atomic mass is 10.0. The van der Waals surface area contributed by atoms with Crippen molar-refractivity contribution in [1.29, 1.82) is 0 Å². The second-order valence-corrected chi connectivity index (χ2v) is 10.6. The molecule has 2 amide bonds. The van der Waals surface area contributed by atoms with E-state index in [2.05, 4.69) is 15.6 Å². The highest BCUT2D eigenvalue weighted by atomic mass is 16.5. The number of aliphatic hydroxyl groups is 1. The zero-order valence-electron chi connectivity index (χ0n) is 23.9. The van der Waals surface area contributed by atoms with Crippen LogP contribution in [0.25, 0.3) is 11.4 Å². The van der Waals surface area contributed by atoms with Gasteiger partial charge in [0.25, 0.3) is 0 Å². The SMILES string of the molecule is CC(C)C[C@H]1NC(=O)CN(Cc2ccccc2OCCO)CCCOc2cccc(c2)-c2nccn2CCNC1=O. The Balaban J connectivity index is 1.56. The number of carbonyl (C=O) groups excluding carboxylic acids is 2. The predicted octanol–water partition coefficient (Wildman–Crippen LogP) is 2.85. The summed E-state index contributed by atoms with van der Waals surface area (Å²) in [7, 11) is 0. The van der Waals surface area contributed by atoms with E-state index >= 15 is 0 Å². The number of aromatic nitrogens is 2. The summed E-state index contributed by atoms with van der Waals surface area (Å²) in [6, 6.07) is 14.8. The fraction of sp³-hybridized carbons (Fsp3) is 0.452. The van der Waals surface area contributed by atoms with Gasteiger partial charge in [-0.15, -0.1) is 0 Å². The Morgan fingerprint density at radius 2 is 2.00 bits per heavy atom. The number of carbonyl (C=O) groups is 2. The first kappa shape index (κ1) is 30.1. The number of hydrogen-bond acceptors (Lipinski definition) is 7. The molecule has 1 aromatic heterocycles. The van der Waals surface area contributed by atoms with Gasteiger partial charge in [-0.2, -0.15) is 0 Å². The molecule has 3 N–H and O–H groups in total. The Labute approximate surface area is 241 Å². The molecular formula is C31H41N5O5.